The van der Waals surface area contributed by atoms with E-state index in [9.17, 15) is 4.79 Å². The van der Waals surface area contributed by atoms with Crippen molar-refractivity contribution in [3.8, 4) is 0 Å². The Morgan fingerprint density at radius 3 is 2.53 bits per heavy atom. The van der Waals surface area contributed by atoms with E-state index in [-0.39, 0.29) is 5.91 Å². The average Bonchev–Trinajstić information content (AvgIpc) is 2.75. The maximum Gasteiger partial charge on any atom is 0.220 e. The number of nitrogens with zero attached hydrogens (tertiary/aromatic N) is 1. The van der Waals surface area contributed by atoms with Crippen LogP contribution < -0.4 is 5.32 Å². The molecule has 0 bridgehead atoms. The summed E-state index contributed by atoms with van der Waals surface area (Å²) in [5, 5.41) is 2.96. The minimum atomic E-state index is 0.0997. The second-order valence-electron chi connectivity index (χ2n) is 4.79. The molecule has 1 aromatic carbocycles. The molecule has 0 fully saturated rings. The summed E-state index contributed by atoms with van der Waals surface area (Å²) in [6.45, 7) is 2.65. The van der Waals surface area contributed by atoms with Crippen molar-refractivity contribution >= 4 is 5.91 Å². The van der Waals surface area contributed by atoms with Crippen molar-refractivity contribution in [3.63, 3.8) is 0 Å². The van der Waals surface area contributed by atoms with E-state index >= 15 is 0 Å². The molecule has 0 unspecified atom stereocenters. The van der Waals surface area contributed by atoms with Gasteiger partial charge in [0.05, 0.1) is 6.54 Å². The summed E-state index contributed by atoms with van der Waals surface area (Å²) in [5.41, 5.74) is 3.53. The fourth-order valence-corrected chi connectivity index (χ4v) is 2.02. The third kappa shape index (κ3) is 3.71. The first-order valence-electron chi connectivity index (χ1n) is 6.58. The summed E-state index contributed by atoms with van der Waals surface area (Å²) in [6.07, 6.45) is 1.33. The van der Waals surface area contributed by atoms with Gasteiger partial charge in [-0.1, -0.05) is 30.3 Å². The number of rotatable bonds is 5. The smallest absolute Gasteiger partial charge is 0.220 e. The molecule has 1 amide bonds. The number of benzene rings is 1. The Bertz CT molecular complexity index is 543. The zero-order chi connectivity index (χ0) is 13.7. The lowest BCUT2D eigenvalue weighted by molar-refractivity contribution is -0.121. The number of amides is 1. The average molecular weight is 256 g/mol. The Hall–Kier alpha value is -2.03. The van der Waals surface area contributed by atoms with Gasteiger partial charge in [0.25, 0.3) is 0 Å². The van der Waals surface area contributed by atoms with Gasteiger partial charge in [0.2, 0.25) is 5.91 Å². The quantitative estimate of drug-likeness (QED) is 0.876. The summed E-state index contributed by atoms with van der Waals surface area (Å²) in [4.78, 5) is 11.8. The van der Waals surface area contributed by atoms with E-state index in [0.29, 0.717) is 13.0 Å². The molecule has 1 heterocycles. The molecule has 2 rings (SSSR count). The van der Waals surface area contributed by atoms with Crippen molar-refractivity contribution in [3.05, 3.63) is 59.4 Å². The number of carbonyl (C=O) groups excluding carboxylic acids is 1. The van der Waals surface area contributed by atoms with Crippen molar-refractivity contribution < 1.29 is 4.79 Å². The van der Waals surface area contributed by atoms with Crippen LogP contribution in [0.3, 0.4) is 0 Å². The number of aromatic nitrogens is 1. The summed E-state index contributed by atoms with van der Waals surface area (Å²) in [6, 6.07) is 14.2. The molecule has 3 nitrogen and oxygen atoms in total. The van der Waals surface area contributed by atoms with Crippen molar-refractivity contribution in [1.82, 2.24) is 9.88 Å². The zero-order valence-electron chi connectivity index (χ0n) is 11.5. The van der Waals surface area contributed by atoms with Crippen LogP contribution in [0.1, 0.15) is 23.4 Å². The first-order valence-corrected chi connectivity index (χ1v) is 6.58. The second kappa shape index (κ2) is 6.23. The van der Waals surface area contributed by atoms with Crippen LogP contribution in [0.2, 0.25) is 0 Å². The lowest BCUT2D eigenvalue weighted by atomic mass is 10.1. The highest BCUT2D eigenvalue weighted by Gasteiger charge is 2.05. The highest BCUT2D eigenvalue weighted by Crippen LogP contribution is 2.06. The van der Waals surface area contributed by atoms with Crippen molar-refractivity contribution in [2.75, 3.05) is 0 Å². The maximum atomic E-state index is 11.8. The molecular formula is C16H20N2O. The van der Waals surface area contributed by atoms with Gasteiger partial charge in [0.15, 0.2) is 0 Å². The SMILES string of the molecule is Cc1ccc(CNC(=O)CCc2ccccc2)n1C. The Labute approximate surface area is 114 Å². The molecule has 0 aliphatic carbocycles. The minimum Gasteiger partial charge on any atom is -0.351 e. The molecule has 0 aliphatic heterocycles. The standard InChI is InChI=1S/C16H20N2O/c1-13-8-10-15(18(13)2)12-17-16(19)11-9-14-6-4-3-5-7-14/h3-8,10H,9,11-12H2,1-2H3,(H,17,19). The van der Waals surface area contributed by atoms with Crippen molar-refractivity contribution in [2.45, 2.75) is 26.3 Å². The molecule has 0 radical (unpaired) electrons. The van der Waals surface area contributed by atoms with Crippen LogP contribution in [0.4, 0.5) is 0 Å². The van der Waals surface area contributed by atoms with Gasteiger partial charge >= 0.3 is 0 Å². The molecule has 1 aromatic heterocycles. The van der Waals surface area contributed by atoms with Crippen LogP contribution in [0.5, 0.6) is 0 Å². The molecule has 3 heteroatoms. The van der Waals surface area contributed by atoms with E-state index in [2.05, 4.69) is 22.9 Å². The van der Waals surface area contributed by atoms with E-state index in [0.717, 1.165) is 12.1 Å². The van der Waals surface area contributed by atoms with Crippen LogP contribution in [-0.4, -0.2) is 10.5 Å². The van der Waals surface area contributed by atoms with Gasteiger partial charge in [-0.2, -0.15) is 0 Å². The fourth-order valence-electron chi connectivity index (χ4n) is 2.02. The summed E-state index contributed by atoms with van der Waals surface area (Å²) >= 11 is 0. The topological polar surface area (TPSA) is 34.0 Å². The summed E-state index contributed by atoms with van der Waals surface area (Å²) < 4.78 is 2.09. The molecular weight excluding hydrogens is 236 g/mol. The predicted molar refractivity (Wildman–Crippen MR) is 76.8 cm³/mol. The Balaban J connectivity index is 1.78. The Morgan fingerprint density at radius 2 is 1.89 bits per heavy atom. The van der Waals surface area contributed by atoms with Crippen molar-refractivity contribution in [1.29, 1.82) is 0 Å². The number of aryl methyl sites for hydroxylation is 2. The van der Waals surface area contributed by atoms with Crippen LogP contribution in [0, 0.1) is 6.92 Å². The van der Waals surface area contributed by atoms with E-state index < -0.39 is 0 Å². The van der Waals surface area contributed by atoms with Gasteiger partial charge < -0.3 is 9.88 Å². The largest absolute Gasteiger partial charge is 0.351 e. The summed E-state index contributed by atoms with van der Waals surface area (Å²) in [7, 11) is 2.01. The molecule has 0 spiro atoms. The third-order valence-electron chi connectivity index (χ3n) is 3.43. The number of nitrogens with one attached hydrogen (secondary N) is 1. The van der Waals surface area contributed by atoms with Crippen LogP contribution in [-0.2, 0) is 24.8 Å². The van der Waals surface area contributed by atoms with E-state index in [1.165, 1.54) is 11.3 Å². The third-order valence-corrected chi connectivity index (χ3v) is 3.43. The first-order chi connectivity index (χ1) is 9.16. The van der Waals surface area contributed by atoms with Gasteiger partial charge in [-0.25, -0.2) is 0 Å². The molecule has 0 aliphatic rings. The zero-order valence-corrected chi connectivity index (χ0v) is 11.5. The van der Waals surface area contributed by atoms with Crippen LogP contribution in [0.15, 0.2) is 42.5 Å². The van der Waals surface area contributed by atoms with Crippen LogP contribution in [0.25, 0.3) is 0 Å². The van der Waals surface area contributed by atoms with Gasteiger partial charge in [-0.3, -0.25) is 4.79 Å². The van der Waals surface area contributed by atoms with Gasteiger partial charge in [0.1, 0.15) is 0 Å². The second-order valence-corrected chi connectivity index (χ2v) is 4.79. The summed E-state index contributed by atoms with van der Waals surface area (Å²) in [5.74, 6) is 0.0997. The normalized spacial score (nSPS) is 10.4. The van der Waals surface area contributed by atoms with Crippen molar-refractivity contribution in [2.24, 2.45) is 7.05 Å². The first kappa shape index (κ1) is 13.4. The number of carbonyl (C=O) groups is 1. The molecule has 0 saturated heterocycles. The molecule has 19 heavy (non-hydrogen) atoms. The fraction of sp³-hybridized carbons (Fsp3) is 0.312. The van der Waals surface area contributed by atoms with Crippen LogP contribution >= 0.6 is 0 Å². The van der Waals surface area contributed by atoms with Gasteiger partial charge in [0, 0.05) is 24.9 Å². The van der Waals surface area contributed by atoms with E-state index in [4.69, 9.17) is 0 Å². The lowest BCUT2D eigenvalue weighted by Gasteiger charge is -2.07. The van der Waals surface area contributed by atoms with Gasteiger partial charge in [-0.05, 0) is 31.0 Å². The number of hydrogen-bond acceptors (Lipinski definition) is 1. The number of hydrogen-bond donors (Lipinski definition) is 1. The molecule has 2 aromatic rings. The van der Waals surface area contributed by atoms with E-state index in [1.807, 2.05) is 43.4 Å². The molecule has 0 saturated carbocycles. The molecule has 1 N–H and O–H groups in total. The highest BCUT2D eigenvalue weighted by molar-refractivity contribution is 5.76. The Kier molecular flexibility index (Phi) is 4.39. The minimum absolute atomic E-state index is 0.0997. The molecule has 100 valence electrons. The van der Waals surface area contributed by atoms with Gasteiger partial charge in [-0.15, -0.1) is 0 Å². The monoisotopic (exact) mass is 256 g/mol. The predicted octanol–water partition coefficient (Wildman–Crippen LogP) is 2.58. The highest BCUT2D eigenvalue weighted by atomic mass is 16.1. The lowest BCUT2D eigenvalue weighted by Crippen LogP contribution is -2.24. The van der Waals surface area contributed by atoms with E-state index in [1.54, 1.807) is 0 Å². The Morgan fingerprint density at radius 1 is 1.16 bits per heavy atom. The maximum absolute atomic E-state index is 11.8. The molecule has 0 atom stereocenters.